The van der Waals surface area contributed by atoms with Crippen LogP contribution in [-0.4, -0.2) is 40.6 Å². The molecule has 1 N–H and O–H groups in total. The van der Waals surface area contributed by atoms with E-state index in [1.165, 1.54) is 29.8 Å². The van der Waals surface area contributed by atoms with Crippen molar-refractivity contribution in [2.75, 3.05) is 0 Å². The molecule has 0 fully saturated rings. The lowest BCUT2D eigenvalue weighted by atomic mass is 10.4. The Balaban J connectivity index is 1.99. The molecule has 2 aromatic rings. The second-order valence-electron chi connectivity index (χ2n) is 5.34. The van der Waals surface area contributed by atoms with Crippen molar-refractivity contribution in [2.45, 2.75) is 44.4 Å². The maximum Gasteiger partial charge on any atom is 0.324 e. The topological polar surface area (TPSA) is 116 Å². The van der Waals surface area contributed by atoms with Gasteiger partial charge in [0.1, 0.15) is 6.04 Å². The molecule has 0 spiro atoms. The molecule has 1 aromatic carbocycles. The molecule has 0 saturated carbocycles. The van der Waals surface area contributed by atoms with Gasteiger partial charge in [-0.05, 0) is 42.0 Å². The first kappa shape index (κ1) is 20.6. The number of halogens is 2. The third kappa shape index (κ3) is 5.13. The molecule has 12 heteroatoms. The van der Waals surface area contributed by atoms with E-state index in [1.54, 1.807) is 0 Å². The van der Waals surface area contributed by atoms with Gasteiger partial charge in [-0.1, -0.05) is 30.1 Å². The largest absolute Gasteiger partial charge is 0.456 e. The van der Waals surface area contributed by atoms with Crippen molar-refractivity contribution in [2.24, 2.45) is 0 Å². The van der Waals surface area contributed by atoms with Gasteiger partial charge in [-0.25, -0.2) is 13.1 Å². The third-order valence-electron chi connectivity index (χ3n) is 3.27. The number of tetrazole rings is 1. The molecule has 1 atom stereocenters. The van der Waals surface area contributed by atoms with Crippen molar-refractivity contribution >= 4 is 39.2 Å². The summed E-state index contributed by atoms with van der Waals surface area (Å²) in [5.41, 5.74) is 0. The highest BCUT2D eigenvalue weighted by Gasteiger charge is 2.24. The Morgan fingerprint density at radius 3 is 2.73 bits per heavy atom. The van der Waals surface area contributed by atoms with Crippen molar-refractivity contribution in [3.8, 4) is 0 Å². The van der Waals surface area contributed by atoms with Crippen LogP contribution in [0.4, 0.5) is 0 Å². The van der Waals surface area contributed by atoms with Gasteiger partial charge < -0.3 is 4.74 Å². The molecule has 0 aliphatic carbocycles. The van der Waals surface area contributed by atoms with Crippen LogP contribution < -0.4 is 4.72 Å². The van der Waals surface area contributed by atoms with Crippen LogP contribution >= 0.6 is 23.2 Å². The Labute approximate surface area is 160 Å². The molecular formula is C14H17Cl2N5O4S. The van der Waals surface area contributed by atoms with Gasteiger partial charge in [-0.3, -0.25) is 4.79 Å². The van der Waals surface area contributed by atoms with E-state index in [4.69, 9.17) is 27.9 Å². The van der Waals surface area contributed by atoms with Crippen LogP contribution in [0.2, 0.25) is 10.0 Å². The number of carbonyl (C=O) groups is 1. The van der Waals surface area contributed by atoms with Gasteiger partial charge >= 0.3 is 5.97 Å². The van der Waals surface area contributed by atoms with Gasteiger partial charge in [0.05, 0.1) is 14.9 Å². The number of hydrogen-bond donors (Lipinski definition) is 1. The smallest absolute Gasteiger partial charge is 0.324 e. The minimum atomic E-state index is -3.97. The number of hydrogen-bond acceptors (Lipinski definition) is 7. The number of esters is 1. The maximum atomic E-state index is 12.3. The van der Waals surface area contributed by atoms with Gasteiger partial charge in [0.25, 0.3) is 0 Å². The van der Waals surface area contributed by atoms with E-state index in [1.807, 2.05) is 6.92 Å². The molecule has 0 radical (unpaired) electrons. The van der Waals surface area contributed by atoms with E-state index in [0.717, 1.165) is 6.42 Å². The van der Waals surface area contributed by atoms with Crippen LogP contribution in [0.15, 0.2) is 23.1 Å². The summed E-state index contributed by atoms with van der Waals surface area (Å²) < 4.78 is 33.5. The van der Waals surface area contributed by atoms with Crippen molar-refractivity contribution in [1.82, 2.24) is 24.9 Å². The fourth-order valence-corrected chi connectivity index (χ4v) is 3.55. The van der Waals surface area contributed by atoms with E-state index in [9.17, 15) is 13.2 Å². The van der Waals surface area contributed by atoms with Crippen molar-refractivity contribution in [1.29, 1.82) is 0 Å². The highest BCUT2D eigenvalue weighted by atomic mass is 35.5. The maximum absolute atomic E-state index is 12.3. The monoisotopic (exact) mass is 421 g/mol. The summed E-state index contributed by atoms with van der Waals surface area (Å²) in [5.74, 6) is -0.389. The number of nitrogens with zero attached hydrogens (tertiary/aromatic N) is 4. The number of nitrogens with one attached hydrogen (secondary N) is 1. The standard InChI is InChI=1S/C14H17Cl2N5O4S/c1-3-6-21-13(17-19-20-21)8-25-14(22)9(2)18-26(23,24)10-4-5-11(15)12(16)7-10/h4-5,7,9,18H,3,6,8H2,1-2H3/t9-/m0/s1. The van der Waals surface area contributed by atoms with Gasteiger partial charge in [0, 0.05) is 6.54 Å². The normalized spacial score (nSPS) is 12.8. The third-order valence-corrected chi connectivity index (χ3v) is 5.55. The Morgan fingerprint density at radius 2 is 2.08 bits per heavy atom. The molecule has 0 aliphatic rings. The quantitative estimate of drug-likeness (QED) is 0.645. The number of carbonyl (C=O) groups excluding carboxylic acids is 1. The van der Waals surface area contributed by atoms with Crippen molar-refractivity contribution < 1.29 is 17.9 Å². The molecule has 0 amide bonds. The Bertz CT molecular complexity index is 887. The summed E-state index contributed by atoms with van der Waals surface area (Å²) in [6, 6.07) is 2.72. The molecule has 0 saturated heterocycles. The second kappa shape index (κ2) is 8.76. The van der Waals surface area contributed by atoms with Crippen LogP contribution in [0.1, 0.15) is 26.1 Å². The van der Waals surface area contributed by atoms with Gasteiger partial charge in [-0.2, -0.15) is 4.72 Å². The van der Waals surface area contributed by atoms with E-state index < -0.39 is 22.0 Å². The zero-order valence-corrected chi connectivity index (χ0v) is 16.3. The number of benzene rings is 1. The van der Waals surface area contributed by atoms with E-state index in [-0.39, 0.29) is 21.5 Å². The highest BCUT2D eigenvalue weighted by Crippen LogP contribution is 2.24. The number of sulfonamides is 1. The molecule has 9 nitrogen and oxygen atoms in total. The van der Waals surface area contributed by atoms with Crippen LogP contribution in [-0.2, 0) is 32.7 Å². The molecule has 0 aliphatic heterocycles. The molecule has 1 heterocycles. The van der Waals surface area contributed by atoms with E-state index in [0.29, 0.717) is 12.4 Å². The van der Waals surface area contributed by atoms with Crippen LogP contribution in [0.5, 0.6) is 0 Å². The Kier molecular flexibility index (Phi) is 6.93. The predicted octanol–water partition coefficient (Wildman–Crippen LogP) is 1.80. The number of ether oxygens (including phenoxy) is 1. The lowest BCUT2D eigenvalue weighted by Crippen LogP contribution is -2.39. The van der Waals surface area contributed by atoms with E-state index >= 15 is 0 Å². The molecule has 142 valence electrons. The van der Waals surface area contributed by atoms with Gasteiger partial charge in [-0.15, -0.1) is 5.10 Å². The summed E-state index contributed by atoms with van der Waals surface area (Å²) >= 11 is 11.6. The fourth-order valence-electron chi connectivity index (χ4n) is 1.97. The van der Waals surface area contributed by atoms with Gasteiger partial charge in [0.15, 0.2) is 12.4 Å². The molecule has 0 bridgehead atoms. The number of aromatic nitrogens is 4. The number of rotatable bonds is 8. The molecule has 26 heavy (non-hydrogen) atoms. The molecule has 2 rings (SSSR count). The highest BCUT2D eigenvalue weighted by molar-refractivity contribution is 7.89. The van der Waals surface area contributed by atoms with Crippen LogP contribution in [0, 0.1) is 0 Å². The zero-order valence-electron chi connectivity index (χ0n) is 14.0. The molecule has 0 unspecified atom stereocenters. The first-order valence-electron chi connectivity index (χ1n) is 7.63. The van der Waals surface area contributed by atoms with Crippen molar-refractivity contribution in [3.63, 3.8) is 0 Å². The van der Waals surface area contributed by atoms with Crippen LogP contribution in [0.3, 0.4) is 0 Å². The summed E-state index contributed by atoms with van der Waals surface area (Å²) in [6.07, 6.45) is 0.811. The Hall–Kier alpha value is -1.75. The average molecular weight is 422 g/mol. The fraction of sp³-hybridized carbons (Fsp3) is 0.429. The van der Waals surface area contributed by atoms with Crippen molar-refractivity contribution in [3.05, 3.63) is 34.1 Å². The minimum Gasteiger partial charge on any atom is -0.456 e. The summed E-state index contributed by atoms with van der Waals surface area (Å²) in [5, 5.41) is 11.4. The second-order valence-corrected chi connectivity index (χ2v) is 7.87. The lowest BCUT2D eigenvalue weighted by molar-refractivity contribution is -0.146. The lowest BCUT2D eigenvalue weighted by Gasteiger charge is -2.14. The minimum absolute atomic E-state index is 0.0903. The average Bonchev–Trinajstić information content (AvgIpc) is 3.02. The first-order chi connectivity index (χ1) is 12.2. The summed E-state index contributed by atoms with van der Waals surface area (Å²) in [7, 11) is -3.97. The first-order valence-corrected chi connectivity index (χ1v) is 9.87. The summed E-state index contributed by atoms with van der Waals surface area (Å²) in [6.45, 7) is 3.74. The van der Waals surface area contributed by atoms with Gasteiger partial charge in [0.2, 0.25) is 10.0 Å². The number of aryl methyl sites for hydroxylation is 1. The van der Waals surface area contributed by atoms with E-state index in [2.05, 4.69) is 20.2 Å². The Morgan fingerprint density at radius 1 is 1.35 bits per heavy atom. The molecular weight excluding hydrogens is 405 g/mol. The zero-order chi connectivity index (χ0) is 19.3. The predicted molar refractivity (Wildman–Crippen MR) is 94.1 cm³/mol. The van der Waals surface area contributed by atoms with Crippen LogP contribution in [0.25, 0.3) is 0 Å². The SMILES string of the molecule is CCCn1nnnc1COC(=O)[C@H](C)NS(=O)(=O)c1ccc(Cl)c(Cl)c1. The molecule has 1 aromatic heterocycles. The summed E-state index contributed by atoms with van der Waals surface area (Å²) in [4.78, 5) is 12.0.